The van der Waals surface area contributed by atoms with Crippen molar-refractivity contribution in [1.29, 1.82) is 0 Å². The van der Waals surface area contributed by atoms with Gasteiger partial charge in [-0.2, -0.15) is 0 Å². The number of rotatable bonds is 2. The van der Waals surface area contributed by atoms with Crippen molar-refractivity contribution in [3.05, 3.63) is 57.0 Å². The van der Waals surface area contributed by atoms with Gasteiger partial charge >= 0.3 is 0 Å². The van der Waals surface area contributed by atoms with Crippen molar-refractivity contribution in [2.45, 2.75) is 20.0 Å². The minimum Gasteiger partial charge on any atom is -0.383 e. The Bertz CT molecular complexity index is 504. The van der Waals surface area contributed by atoms with Crippen LogP contribution < -0.4 is 0 Å². The largest absolute Gasteiger partial charge is 0.383 e. The molecule has 0 fully saturated rings. The summed E-state index contributed by atoms with van der Waals surface area (Å²) in [6, 6.07) is 8.68. The molecule has 2 aromatic rings. The first-order chi connectivity index (χ1) is 7.58. The third kappa shape index (κ3) is 2.15. The molecule has 0 aliphatic heterocycles. The lowest BCUT2D eigenvalue weighted by Gasteiger charge is -2.09. The van der Waals surface area contributed by atoms with E-state index in [4.69, 9.17) is 0 Å². The maximum Gasteiger partial charge on any atom is 0.126 e. The number of hydrogen-bond donors (Lipinski definition) is 1. The van der Waals surface area contributed by atoms with Crippen LogP contribution in [0.2, 0.25) is 0 Å². The molecule has 0 spiro atoms. The summed E-state index contributed by atoms with van der Waals surface area (Å²) in [4.78, 5) is 1.99. The van der Waals surface area contributed by atoms with Crippen LogP contribution in [0.25, 0.3) is 0 Å². The fourth-order valence-electron chi connectivity index (χ4n) is 1.54. The van der Waals surface area contributed by atoms with Crippen molar-refractivity contribution >= 4 is 11.3 Å². The van der Waals surface area contributed by atoms with Crippen LogP contribution >= 0.6 is 11.3 Å². The normalized spacial score (nSPS) is 12.8. The van der Waals surface area contributed by atoms with Crippen LogP contribution in [-0.2, 0) is 0 Å². The Labute approximate surface area is 98.2 Å². The topological polar surface area (TPSA) is 20.2 Å². The summed E-state index contributed by atoms with van der Waals surface area (Å²) in [6.45, 7) is 3.69. The molecule has 84 valence electrons. The predicted molar refractivity (Wildman–Crippen MR) is 64.3 cm³/mol. The molecule has 1 aromatic carbocycles. The molecule has 0 radical (unpaired) electrons. The van der Waals surface area contributed by atoms with E-state index in [1.807, 2.05) is 19.1 Å². The summed E-state index contributed by atoms with van der Waals surface area (Å²) < 4.78 is 13.4. The molecule has 0 amide bonds. The number of hydrogen-bond acceptors (Lipinski definition) is 2. The second kappa shape index (κ2) is 4.36. The molecule has 1 N–H and O–H groups in total. The Morgan fingerprint density at radius 1 is 1.19 bits per heavy atom. The van der Waals surface area contributed by atoms with Gasteiger partial charge in [0.15, 0.2) is 0 Å². The summed E-state index contributed by atoms with van der Waals surface area (Å²) in [6.07, 6.45) is -0.728. The van der Waals surface area contributed by atoms with Crippen molar-refractivity contribution in [1.82, 2.24) is 0 Å². The van der Waals surface area contributed by atoms with Gasteiger partial charge in [0, 0.05) is 9.75 Å². The Morgan fingerprint density at radius 3 is 2.50 bits per heavy atom. The third-order valence-corrected chi connectivity index (χ3v) is 3.60. The first-order valence-corrected chi connectivity index (χ1v) is 5.90. The average molecular weight is 236 g/mol. The summed E-state index contributed by atoms with van der Waals surface area (Å²) >= 11 is 1.53. The lowest BCUT2D eigenvalue weighted by Crippen LogP contribution is -1.98. The van der Waals surface area contributed by atoms with Crippen LogP contribution in [0, 0.1) is 19.7 Å². The highest BCUT2D eigenvalue weighted by Crippen LogP contribution is 2.28. The number of halogens is 1. The number of thiophene rings is 1. The minimum atomic E-state index is -0.728. The molecule has 0 unspecified atom stereocenters. The van der Waals surface area contributed by atoms with Gasteiger partial charge in [-0.25, -0.2) is 4.39 Å². The van der Waals surface area contributed by atoms with E-state index in [0.717, 1.165) is 9.75 Å². The van der Waals surface area contributed by atoms with Gasteiger partial charge in [-0.1, -0.05) is 12.1 Å². The molecule has 0 bridgehead atoms. The number of aryl methyl sites for hydroxylation is 2. The monoisotopic (exact) mass is 236 g/mol. The smallest absolute Gasteiger partial charge is 0.126 e. The van der Waals surface area contributed by atoms with Crippen LogP contribution in [0.4, 0.5) is 4.39 Å². The fraction of sp³-hybridized carbons (Fsp3) is 0.231. The molecule has 16 heavy (non-hydrogen) atoms. The molecule has 3 heteroatoms. The van der Waals surface area contributed by atoms with E-state index in [1.54, 1.807) is 19.1 Å². The van der Waals surface area contributed by atoms with Gasteiger partial charge in [-0.15, -0.1) is 11.3 Å². The SMILES string of the molecule is Cc1ccc([C@H](O)c2ccc(C)c(F)c2)s1. The van der Waals surface area contributed by atoms with Crippen molar-refractivity contribution in [3.8, 4) is 0 Å². The molecule has 1 aromatic heterocycles. The number of aliphatic hydroxyl groups is 1. The quantitative estimate of drug-likeness (QED) is 0.845. The molecule has 1 atom stereocenters. The zero-order valence-electron chi connectivity index (χ0n) is 9.20. The van der Waals surface area contributed by atoms with Crippen LogP contribution in [0.3, 0.4) is 0 Å². The van der Waals surface area contributed by atoms with E-state index in [9.17, 15) is 9.50 Å². The summed E-state index contributed by atoms with van der Waals surface area (Å²) in [7, 11) is 0. The van der Waals surface area contributed by atoms with E-state index >= 15 is 0 Å². The van der Waals surface area contributed by atoms with Crippen molar-refractivity contribution in [2.24, 2.45) is 0 Å². The summed E-state index contributed by atoms with van der Waals surface area (Å²) in [5.41, 5.74) is 1.20. The first-order valence-electron chi connectivity index (χ1n) is 5.08. The number of aliphatic hydroxyl groups excluding tert-OH is 1. The highest BCUT2D eigenvalue weighted by Gasteiger charge is 2.13. The molecule has 1 nitrogen and oxygen atoms in total. The molecule has 1 heterocycles. The van der Waals surface area contributed by atoms with Crippen LogP contribution in [0.15, 0.2) is 30.3 Å². The second-order valence-electron chi connectivity index (χ2n) is 3.86. The van der Waals surface area contributed by atoms with E-state index in [0.29, 0.717) is 11.1 Å². The first kappa shape index (κ1) is 11.3. The summed E-state index contributed by atoms with van der Waals surface area (Å²) in [5, 5.41) is 10.1. The lowest BCUT2D eigenvalue weighted by atomic mass is 10.1. The molecule has 0 saturated heterocycles. The van der Waals surface area contributed by atoms with Crippen molar-refractivity contribution in [2.75, 3.05) is 0 Å². The maximum absolute atomic E-state index is 13.4. The Balaban J connectivity index is 2.33. The molecule has 2 rings (SSSR count). The minimum absolute atomic E-state index is 0.273. The maximum atomic E-state index is 13.4. The molecular weight excluding hydrogens is 223 g/mol. The molecular formula is C13H13FOS. The average Bonchev–Trinajstić information content (AvgIpc) is 2.68. The Kier molecular flexibility index (Phi) is 3.08. The predicted octanol–water partition coefficient (Wildman–Crippen LogP) is 3.59. The van der Waals surface area contributed by atoms with E-state index in [2.05, 4.69) is 0 Å². The summed E-state index contributed by atoms with van der Waals surface area (Å²) in [5.74, 6) is -0.273. The standard InChI is InChI=1S/C13H13FOS/c1-8-3-5-10(7-11(8)14)13(15)12-6-4-9(2)16-12/h3-7,13,15H,1-2H3/t13-/m1/s1. The van der Waals surface area contributed by atoms with E-state index < -0.39 is 6.10 Å². The second-order valence-corrected chi connectivity index (χ2v) is 5.18. The van der Waals surface area contributed by atoms with Gasteiger partial charge in [-0.3, -0.25) is 0 Å². The molecule has 0 aliphatic carbocycles. The van der Waals surface area contributed by atoms with E-state index in [-0.39, 0.29) is 5.82 Å². The van der Waals surface area contributed by atoms with E-state index in [1.165, 1.54) is 17.4 Å². The fourth-order valence-corrected chi connectivity index (χ4v) is 2.44. The van der Waals surface area contributed by atoms with Gasteiger partial charge in [0.25, 0.3) is 0 Å². The highest BCUT2D eigenvalue weighted by molar-refractivity contribution is 7.12. The number of benzene rings is 1. The van der Waals surface area contributed by atoms with Gasteiger partial charge in [-0.05, 0) is 43.2 Å². The van der Waals surface area contributed by atoms with Crippen molar-refractivity contribution in [3.63, 3.8) is 0 Å². The lowest BCUT2D eigenvalue weighted by molar-refractivity contribution is 0.223. The van der Waals surface area contributed by atoms with Gasteiger partial charge in [0.2, 0.25) is 0 Å². The zero-order valence-corrected chi connectivity index (χ0v) is 10.0. The highest BCUT2D eigenvalue weighted by atomic mass is 32.1. The van der Waals surface area contributed by atoms with Gasteiger partial charge in [0.1, 0.15) is 11.9 Å². The molecule has 0 aliphatic rings. The Hall–Kier alpha value is -1.19. The Morgan fingerprint density at radius 2 is 1.94 bits per heavy atom. The van der Waals surface area contributed by atoms with Crippen LogP contribution in [0.1, 0.15) is 27.0 Å². The molecule has 0 saturated carbocycles. The zero-order chi connectivity index (χ0) is 11.7. The van der Waals surface area contributed by atoms with Crippen LogP contribution in [0.5, 0.6) is 0 Å². The van der Waals surface area contributed by atoms with Gasteiger partial charge < -0.3 is 5.11 Å². The van der Waals surface area contributed by atoms with Crippen LogP contribution in [-0.4, -0.2) is 5.11 Å². The third-order valence-electron chi connectivity index (χ3n) is 2.54. The van der Waals surface area contributed by atoms with Gasteiger partial charge in [0.05, 0.1) is 0 Å². The van der Waals surface area contributed by atoms with Crippen molar-refractivity contribution < 1.29 is 9.50 Å².